The van der Waals surface area contributed by atoms with Crippen molar-refractivity contribution in [2.75, 3.05) is 26.2 Å². The summed E-state index contributed by atoms with van der Waals surface area (Å²) in [5.74, 6) is 0.930. The Kier molecular flexibility index (Phi) is 5.37. The number of carbonyl (C=O) groups is 2. The zero-order valence-electron chi connectivity index (χ0n) is 15.0. The van der Waals surface area contributed by atoms with Crippen LogP contribution in [-0.4, -0.2) is 53.5 Å². The second-order valence-electron chi connectivity index (χ2n) is 7.53. The molecule has 1 N–H and O–H groups in total. The van der Waals surface area contributed by atoms with Crippen molar-refractivity contribution < 1.29 is 14.3 Å². The van der Waals surface area contributed by atoms with E-state index in [9.17, 15) is 9.59 Å². The van der Waals surface area contributed by atoms with E-state index < -0.39 is 0 Å². The Hall–Kier alpha value is -1.95. The molecule has 1 aromatic heterocycles. The first-order valence-corrected chi connectivity index (χ1v) is 9.10. The molecule has 2 amide bonds. The fourth-order valence-electron chi connectivity index (χ4n) is 3.76. The SMILES string of the molecule is CC(C)CC(=O)N1CC2(C1)OCC[C@H]2CCNC(=O)c1ccncc1. The van der Waals surface area contributed by atoms with E-state index in [4.69, 9.17) is 4.74 Å². The third kappa shape index (κ3) is 4.00. The molecule has 2 aliphatic rings. The predicted molar refractivity (Wildman–Crippen MR) is 94.0 cm³/mol. The minimum atomic E-state index is -0.186. The van der Waals surface area contributed by atoms with Crippen molar-refractivity contribution in [3.8, 4) is 0 Å². The molecule has 0 unspecified atom stereocenters. The molecule has 6 heteroatoms. The van der Waals surface area contributed by atoms with Crippen LogP contribution < -0.4 is 5.32 Å². The fourth-order valence-corrected chi connectivity index (χ4v) is 3.76. The van der Waals surface area contributed by atoms with Gasteiger partial charge in [-0.05, 0) is 36.8 Å². The molecule has 6 nitrogen and oxygen atoms in total. The monoisotopic (exact) mass is 345 g/mol. The molecule has 0 radical (unpaired) electrons. The minimum absolute atomic E-state index is 0.0716. The standard InChI is InChI=1S/C19H27N3O3/c1-14(2)11-17(23)22-12-19(13-22)16(6-10-25-19)5-9-21-18(24)15-3-7-20-8-4-15/h3-4,7-8,14,16H,5-6,9-13H2,1-2H3,(H,21,24)/t16-/m1/s1. The van der Waals surface area contributed by atoms with Crippen molar-refractivity contribution in [3.05, 3.63) is 30.1 Å². The Morgan fingerprint density at radius 3 is 2.76 bits per heavy atom. The van der Waals surface area contributed by atoms with Gasteiger partial charge in [0.05, 0.1) is 13.1 Å². The van der Waals surface area contributed by atoms with Crippen molar-refractivity contribution in [1.82, 2.24) is 15.2 Å². The second-order valence-corrected chi connectivity index (χ2v) is 7.53. The molecule has 1 aromatic rings. The van der Waals surface area contributed by atoms with Gasteiger partial charge in [0.25, 0.3) is 5.91 Å². The molecule has 2 aliphatic heterocycles. The van der Waals surface area contributed by atoms with Gasteiger partial charge in [0.15, 0.2) is 0 Å². The Bertz CT molecular complexity index is 612. The van der Waals surface area contributed by atoms with Crippen LogP contribution in [0.4, 0.5) is 0 Å². The lowest BCUT2D eigenvalue weighted by Gasteiger charge is -2.50. The maximum Gasteiger partial charge on any atom is 0.251 e. The summed E-state index contributed by atoms with van der Waals surface area (Å²) in [5.41, 5.74) is 0.440. The van der Waals surface area contributed by atoms with Gasteiger partial charge in [-0.1, -0.05) is 13.8 Å². The van der Waals surface area contributed by atoms with E-state index in [-0.39, 0.29) is 17.4 Å². The summed E-state index contributed by atoms with van der Waals surface area (Å²) in [6, 6.07) is 3.42. The van der Waals surface area contributed by atoms with E-state index in [1.54, 1.807) is 24.5 Å². The number of hydrogen-bond donors (Lipinski definition) is 1. The van der Waals surface area contributed by atoms with Crippen LogP contribution in [0.2, 0.25) is 0 Å². The Morgan fingerprint density at radius 2 is 2.08 bits per heavy atom. The lowest BCUT2D eigenvalue weighted by Crippen LogP contribution is -2.66. The number of amides is 2. The van der Waals surface area contributed by atoms with E-state index in [0.717, 1.165) is 19.4 Å². The lowest BCUT2D eigenvalue weighted by molar-refractivity contribution is -0.166. The summed E-state index contributed by atoms with van der Waals surface area (Å²) in [6.07, 6.45) is 5.71. The van der Waals surface area contributed by atoms with Crippen LogP contribution in [0.3, 0.4) is 0 Å². The zero-order valence-corrected chi connectivity index (χ0v) is 15.0. The summed E-state index contributed by atoms with van der Waals surface area (Å²) in [6.45, 7) is 6.89. The first-order valence-electron chi connectivity index (χ1n) is 9.10. The Labute approximate surface area is 148 Å². The minimum Gasteiger partial charge on any atom is -0.371 e. The largest absolute Gasteiger partial charge is 0.371 e. The number of hydrogen-bond acceptors (Lipinski definition) is 4. The molecule has 25 heavy (non-hydrogen) atoms. The van der Waals surface area contributed by atoms with Crippen LogP contribution in [0, 0.1) is 11.8 Å². The van der Waals surface area contributed by atoms with E-state index >= 15 is 0 Å². The first kappa shape index (κ1) is 17.9. The van der Waals surface area contributed by atoms with E-state index in [0.29, 0.717) is 43.5 Å². The Balaban J connectivity index is 1.45. The average Bonchev–Trinajstić information content (AvgIpc) is 2.97. The van der Waals surface area contributed by atoms with Crippen LogP contribution in [0.5, 0.6) is 0 Å². The van der Waals surface area contributed by atoms with Crippen LogP contribution in [-0.2, 0) is 9.53 Å². The molecule has 1 atom stereocenters. The van der Waals surface area contributed by atoms with Gasteiger partial charge in [0, 0.05) is 37.5 Å². The van der Waals surface area contributed by atoms with E-state index in [1.165, 1.54) is 0 Å². The molecule has 0 saturated carbocycles. The number of nitrogens with zero attached hydrogens (tertiary/aromatic N) is 2. The third-order valence-corrected chi connectivity index (χ3v) is 5.17. The predicted octanol–water partition coefficient (Wildman–Crippen LogP) is 1.87. The molecule has 0 aromatic carbocycles. The van der Waals surface area contributed by atoms with Crippen molar-refractivity contribution in [3.63, 3.8) is 0 Å². The van der Waals surface area contributed by atoms with Gasteiger partial charge in [-0.2, -0.15) is 0 Å². The summed E-state index contributed by atoms with van der Waals surface area (Å²) in [4.78, 5) is 30.1. The van der Waals surface area contributed by atoms with Crippen LogP contribution >= 0.6 is 0 Å². The highest BCUT2D eigenvalue weighted by atomic mass is 16.5. The smallest absolute Gasteiger partial charge is 0.251 e. The van der Waals surface area contributed by atoms with E-state index in [2.05, 4.69) is 24.1 Å². The summed E-state index contributed by atoms with van der Waals surface area (Å²) >= 11 is 0. The van der Waals surface area contributed by atoms with Gasteiger partial charge in [-0.25, -0.2) is 0 Å². The molecule has 3 rings (SSSR count). The van der Waals surface area contributed by atoms with Gasteiger partial charge < -0.3 is 15.0 Å². The summed E-state index contributed by atoms with van der Waals surface area (Å²) in [7, 11) is 0. The van der Waals surface area contributed by atoms with Crippen molar-refractivity contribution in [2.45, 2.75) is 38.7 Å². The van der Waals surface area contributed by atoms with Crippen molar-refractivity contribution in [1.29, 1.82) is 0 Å². The van der Waals surface area contributed by atoms with Crippen LogP contribution in [0.15, 0.2) is 24.5 Å². The first-order chi connectivity index (χ1) is 12.0. The summed E-state index contributed by atoms with van der Waals surface area (Å²) < 4.78 is 6.00. The number of carbonyl (C=O) groups excluding carboxylic acids is 2. The maximum absolute atomic E-state index is 12.2. The van der Waals surface area contributed by atoms with Crippen molar-refractivity contribution in [2.24, 2.45) is 11.8 Å². The number of rotatable bonds is 6. The van der Waals surface area contributed by atoms with Gasteiger partial charge >= 0.3 is 0 Å². The average molecular weight is 345 g/mol. The lowest BCUT2D eigenvalue weighted by atomic mass is 9.78. The van der Waals surface area contributed by atoms with Gasteiger partial charge in [0.2, 0.25) is 5.91 Å². The van der Waals surface area contributed by atoms with Crippen LogP contribution in [0.25, 0.3) is 0 Å². The van der Waals surface area contributed by atoms with Gasteiger partial charge in [-0.15, -0.1) is 0 Å². The molecular formula is C19H27N3O3. The molecular weight excluding hydrogens is 318 g/mol. The number of likely N-dealkylation sites (tertiary alicyclic amines) is 1. The fraction of sp³-hybridized carbons (Fsp3) is 0.632. The number of pyridine rings is 1. The zero-order chi connectivity index (χ0) is 17.9. The molecule has 0 aliphatic carbocycles. The Morgan fingerprint density at radius 1 is 1.36 bits per heavy atom. The normalized spacial score (nSPS) is 21.4. The molecule has 2 fully saturated rings. The highest BCUT2D eigenvalue weighted by Gasteiger charge is 2.53. The third-order valence-electron chi connectivity index (χ3n) is 5.17. The molecule has 2 saturated heterocycles. The second kappa shape index (κ2) is 7.52. The number of nitrogens with one attached hydrogen (secondary N) is 1. The van der Waals surface area contributed by atoms with Crippen LogP contribution in [0.1, 0.15) is 43.5 Å². The van der Waals surface area contributed by atoms with Crippen molar-refractivity contribution >= 4 is 11.8 Å². The van der Waals surface area contributed by atoms with Gasteiger partial charge in [0.1, 0.15) is 5.60 Å². The topological polar surface area (TPSA) is 71.5 Å². The highest BCUT2D eigenvalue weighted by Crippen LogP contribution is 2.41. The number of ether oxygens (including phenoxy) is 1. The molecule has 1 spiro atoms. The molecule has 0 bridgehead atoms. The molecule has 3 heterocycles. The number of aromatic nitrogens is 1. The maximum atomic E-state index is 12.2. The quantitative estimate of drug-likeness (QED) is 0.854. The summed E-state index contributed by atoms with van der Waals surface area (Å²) in [5, 5.41) is 2.97. The van der Waals surface area contributed by atoms with E-state index in [1.807, 2.05) is 4.90 Å². The highest BCUT2D eigenvalue weighted by molar-refractivity contribution is 5.93. The molecule has 136 valence electrons. The van der Waals surface area contributed by atoms with Gasteiger partial charge in [-0.3, -0.25) is 14.6 Å².